The Labute approximate surface area is 140 Å². The number of rotatable bonds is 9. The van der Waals surface area contributed by atoms with Crippen LogP contribution in [0.1, 0.15) is 59.3 Å². The molecule has 3 heteroatoms. The minimum Gasteiger partial charge on any atom is -0.679 e. The van der Waals surface area contributed by atoms with Crippen molar-refractivity contribution < 1.29 is 51.4 Å². The number of hydrogen-bond acceptors (Lipinski definition) is 0. The van der Waals surface area contributed by atoms with Gasteiger partial charge in [-0.1, -0.05) is 85.7 Å². The van der Waals surface area contributed by atoms with E-state index in [1.165, 1.54) is 56.7 Å². The Bertz CT molecular complexity index is 109. The molecule has 0 heterocycles. The molecular weight excluding hydrogens is 225 g/mol. The van der Waals surface area contributed by atoms with Gasteiger partial charge in [-0.15, -0.1) is 0 Å². The van der Waals surface area contributed by atoms with Crippen LogP contribution in [0.25, 0.3) is 5.40 Å². The predicted octanol–water partition coefficient (Wildman–Crippen LogP) is 2.39. The fourth-order valence-corrected chi connectivity index (χ4v) is 5.76. The van der Waals surface area contributed by atoms with Crippen molar-refractivity contribution in [3.8, 4) is 0 Å². The summed E-state index contributed by atoms with van der Waals surface area (Å²) in [5, 5.41) is 8.57. The van der Waals surface area contributed by atoms with E-state index in [-0.39, 0.29) is 51.4 Å². The first kappa shape index (κ1) is 19.2. The smallest absolute Gasteiger partial charge is 0.679 e. The Balaban J connectivity index is 0. The summed E-state index contributed by atoms with van der Waals surface area (Å²) in [5.74, 6) is 0. The summed E-state index contributed by atoms with van der Waals surface area (Å²) in [6.45, 7) is 6.73. The van der Waals surface area contributed by atoms with Crippen molar-refractivity contribution in [2.24, 2.45) is 0 Å². The van der Waals surface area contributed by atoms with E-state index < -0.39 is 8.24 Å². The molecule has 0 rings (SSSR count). The third-order valence-corrected chi connectivity index (χ3v) is 6.96. The maximum absolute atomic E-state index is 8.57. The van der Waals surface area contributed by atoms with E-state index in [1.54, 1.807) is 0 Å². The second kappa shape index (κ2) is 12.3. The molecule has 86 valence electrons. The molecule has 0 aromatic heterocycles. The van der Waals surface area contributed by atoms with Gasteiger partial charge >= 0.3 is 51.4 Å². The zero-order valence-corrected chi connectivity index (χ0v) is 15.5. The fraction of sp³-hybridized carbons (Fsp3) is 1.00. The molecule has 0 saturated carbocycles. The Morgan fingerprint density at radius 2 is 1.00 bits per heavy atom. The van der Waals surface area contributed by atoms with Crippen LogP contribution in [-0.2, 0) is 0 Å². The average Bonchev–Trinajstić information content (AvgIpc) is 2.21. The molecule has 0 aliphatic carbocycles. The minimum absolute atomic E-state index is 0. The monoisotopic (exact) mass is 253 g/mol. The van der Waals surface area contributed by atoms with Crippen LogP contribution in [0.4, 0.5) is 0 Å². The Hall–Kier alpha value is 1.81. The average molecular weight is 254 g/mol. The van der Waals surface area contributed by atoms with Gasteiger partial charge in [0.15, 0.2) is 0 Å². The minimum atomic E-state index is -1.56. The Kier molecular flexibility index (Phi) is 15.7. The van der Waals surface area contributed by atoms with E-state index in [0.29, 0.717) is 0 Å². The molecule has 0 spiro atoms. The number of unbranched alkanes of at least 4 members (excludes halogenated alkanes) is 3. The van der Waals surface area contributed by atoms with Crippen molar-refractivity contribution in [2.75, 3.05) is 0 Å². The van der Waals surface area contributed by atoms with Gasteiger partial charge in [-0.2, -0.15) is 0 Å². The van der Waals surface area contributed by atoms with E-state index in [2.05, 4.69) is 20.8 Å². The quantitative estimate of drug-likeness (QED) is 0.564. The van der Waals surface area contributed by atoms with Gasteiger partial charge in [0.1, 0.15) is 0 Å². The maximum Gasteiger partial charge on any atom is 1.00 e. The third kappa shape index (κ3) is 10.7. The Morgan fingerprint density at radius 1 is 0.733 bits per heavy atom. The maximum atomic E-state index is 8.57. The van der Waals surface area contributed by atoms with E-state index in [9.17, 15) is 0 Å². The molecule has 0 aliphatic heterocycles. The largest absolute Gasteiger partial charge is 1.00 e. The van der Waals surface area contributed by atoms with Crippen molar-refractivity contribution in [1.82, 2.24) is 0 Å². The number of hydrogen-bond donors (Lipinski definition) is 0. The molecule has 1 N–H and O–H groups in total. The van der Waals surface area contributed by atoms with Crippen LogP contribution in [0.15, 0.2) is 0 Å². The molecule has 1 nitrogen and oxygen atoms in total. The van der Waals surface area contributed by atoms with E-state index in [0.717, 1.165) is 0 Å². The zero-order chi connectivity index (χ0) is 10.9. The molecule has 0 aromatic rings. The topological polar surface area (TPSA) is 23.8 Å². The van der Waals surface area contributed by atoms with Crippen molar-refractivity contribution >= 4 is 8.24 Å². The third-order valence-electron chi connectivity index (χ3n) is 3.03. The van der Waals surface area contributed by atoms with Crippen LogP contribution in [0.5, 0.6) is 0 Å². The van der Waals surface area contributed by atoms with Crippen LogP contribution in [0, 0.1) is 0 Å². The van der Waals surface area contributed by atoms with Crippen LogP contribution < -0.4 is 51.4 Å². The van der Waals surface area contributed by atoms with Crippen molar-refractivity contribution in [3.63, 3.8) is 0 Å². The zero-order valence-electron chi connectivity index (χ0n) is 11.4. The van der Waals surface area contributed by atoms with Crippen LogP contribution in [0.2, 0.25) is 18.1 Å². The van der Waals surface area contributed by atoms with Gasteiger partial charge in [-0.05, 0) is 0 Å². The van der Waals surface area contributed by atoms with Gasteiger partial charge in [0.05, 0.1) is 0 Å². The van der Waals surface area contributed by atoms with Crippen molar-refractivity contribution in [1.29, 1.82) is 0 Å². The van der Waals surface area contributed by atoms with Crippen LogP contribution in [0.3, 0.4) is 0 Å². The summed E-state index contributed by atoms with van der Waals surface area (Å²) in [4.78, 5) is 0. The van der Waals surface area contributed by atoms with Gasteiger partial charge < -0.3 is 5.40 Å². The van der Waals surface area contributed by atoms with E-state index >= 15 is 0 Å². The molecule has 0 aliphatic rings. The summed E-state index contributed by atoms with van der Waals surface area (Å²) in [7, 11) is -1.56. The van der Waals surface area contributed by atoms with Gasteiger partial charge in [-0.3, -0.25) is 0 Å². The molecular formula is C12H28KNSi. The molecule has 0 amide bonds. The molecule has 0 unspecified atom stereocenters. The molecule has 15 heavy (non-hydrogen) atoms. The summed E-state index contributed by atoms with van der Waals surface area (Å²) in [6.07, 6.45) is 7.69. The van der Waals surface area contributed by atoms with Crippen molar-refractivity contribution in [2.45, 2.75) is 77.4 Å². The summed E-state index contributed by atoms with van der Waals surface area (Å²) in [5.41, 5.74) is 0. The first-order valence-electron chi connectivity index (χ1n) is 6.43. The first-order chi connectivity index (χ1) is 6.68. The second-order valence-corrected chi connectivity index (χ2v) is 8.65. The van der Waals surface area contributed by atoms with E-state index in [1.807, 2.05) is 0 Å². The molecule has 0 radical (unpaired) electrons. The van der Waals surface area contributed by atoms with Gasteiger partial charge in [0.25, 0.3) is 0 Å². The number of nitrogens with one attached hydrogen (secondary N) is 1. The summed E-state index contributed by atoms with van der Waals surface area (Å²) < 4.78 is 0. The van der Waals surface area contributed by atoms with Crippen LogP contribution >= 0.6 is 0 Å². The molecule has 0 bridgehead atoms. The summed E-state index contributed by atoms with van der Waals surface area (Å²) in [6, 6.07) is 3.76. The normalized spacial score (nSPS) is 11.2. The predicted molar refractivity (Wildman–Crippen MR) is 69.2 cm³/mol. The van der Waals surface area contributed by atoms with Crippen molar-refractivity contribution in [3.05, 3.63) is 5.40 Å². The Morgan fingerprint density at radius 3 is 1.20 bits per heavy atom. The van der Waals surface area contributed by atoms with Gasteiger partial charge in [-0.25, -0.2) is 0 Å². The molecule has 0 atom stereocenters. The van der Waals surface area contributed by atoms with Gasteiger partial charge in [0, 0.05) is 0 Å². The first-order valence-corrected chi connectivity index (χ1v) is 9.05. The SMILES string of the molecule is CCCC[Si]([NH-])(CCCC)CCCC.[K+]. The standard InChI is InChI=1S/C12H28NSi.K/c1-4-7-10-14(13,11-8-5-2)12-9-6-3;/h13H,4-12H2,1-3H3;/q-1;+1. The van der Waals surface area contributed by atoms with Gasteiger partial charge in [0.2, 0.25) is 0 Å². The molecule has 0 aromatic carbocycles. The molecule has 0 fully saturated rings. The molecule has 0 saturated heterocycles. The summed E-state index contributed by atoms with van der Waals surface area (Å²) >= 11 is 0. The fourth-order valence-electron chi connectivity index (χ4n) is 1.92. The van der Waals surface area contributed by atoms with E-state index in [4.69, 9.17) is 5.40 Å². The second-order valence-electron chi connectivity index (χ2n) is 4.59. The van der Waals surface area contributed by atoms with Crippen LogP contribution in [-0.4, -0.2) is 8.24 Å².